The van der Waals surface area contributed by atoms with Crippen molar-refractivity contribution in [2.24, 2.45) is 0 Å². The Kier molecular flexibility index (Phi) is 5.03. The van der Waals surface area contributed by atoms with Gasteiger partial charge in [-0.3, -0.25) is 4.68 Å². The fraction of sp³-hybridized carbons (Fsp3) is 0.467. The Morgan fingerprint density at radius 1 is 1.29 bits per heavy atom. The van der Waals surface area contributed by atoms with Crippen molar-refractivity contribution in [2.45, 2.75) is 26.4 Å². The monoisotopic (exact) mass is 289 g/mol. The Hall–Kier alpha value is -2.24. The number of methoxy groups -OCH3 is 1. The summed E-state index contributed by atoms with van der Waals surface area (Å²) in [4.78, 5) is 6.30. The summed E-state index contributed by atoms with van der Waals surface area (Å²) in [5, 5.41) is 7.76. The molecule has 0 aliphatic rings. The molecule has 0 saturated carbocycles. The smallest absolute Gasteiger partial charge is 0.239 e. The standard InChI is InChI=1S/C15H23N5O/c1-5-10-20-12(6-9-18-20)11-17-14-13(19(2)3)7-8-16-15(14)21-4/h6-9,17H,5,10-11H2,1-4H3. The van der Waals surface area contributed by atoms with E-state index in [0.717, 1.165) is 30.0 Å². The maximum absolute atomic E-state index is 5.36. The van der Waals surface area contributed by atoms with Gasteiger partial charge in [0.15, 0.2) is 0 Å². The first-order valence-corrected chi connectivity index (χ1v) is 7.12. The zero-order valence-corrected chi connectivity index (χ0v) is 13.1. The average Bonchev–Trinajstić information content (AvgIpc) is 2.92. The molecule has 0 aliphatic heterocycles. The predicted molar refractivity (Wildman–Crippen MR) is 85.0 cm³/mol. The number of nitrogens with zero attached hydrogens (tertiary/aromatic N) is 4. The maximum Gasteiger partial charge on any atom is 0.239 e. The minimum absolute atomic E-state index is 0.600. The Morgan fingerprint density at radius 2 is 2.10 bits per heavy atom. The Labute approximate surface area is 125 Å². The lowest BCUT2D eigenvalue weighted by Gasteiger charge is -2.20. The zero-order valence-electron chi connectivity index (χ0n) is 13.1. The molecule has 2 heterocycles. The van der Waals surface area contributed by atoms with E-state index in [4.69, 9.17) is 4.74 Å². The van der Waals surface area contributed by atoms with Crippen LogP contribution in [0.15, 0.2) is 24.5 Å². The lowest BCUT2D eigenvalue weighted by molar-refractivity contribution is 0.399. The summed E-state index contributed by atoms with van der Waals surface area (Å²) in [5.74, 6) is 0.600. The second-order valence-corrected chi connectivity index (χ2v) is 5.01. The molecule has 0 saturated heterocycles. The largest absolute Gasteiger partial charge is 0.479 e. The van der Waals surface area contributed by atoms with Crippen LogP contribution in [-0.4, -0.2) is 36.0 Å². The third-order valence-electron chi connectivity index (χ3n) is 3.26. The first-order valence-electron chi connectivity index (χ1n) is 7.12. The highest BCUT2D eigenvalue weighted by Crippen LogP contribution is 2.32. The highest BCUT2D eigenvalue weighted by molar-refractivity contribution is 5.74. The van der Waals surface area contributed by atoms with Gasteiger partial charge in [0.1, 0.15) is 5.69 Å². The van der Waals surface area contributed by atoms with E-state index in [2.05, 4.69) is 22.3 Å². The quantitative estimate of drug-likeness (QED) is 0.848. The van der Waals surface area contributed by atoms with E-state index >= 15 is 0 Å². The number of hydrogen-bond donors (Lipinski definition) is 1. The molecule has 21 heavy (non-hydrogen) atoms. The molecule has 0 atom stereocenters. The molecule has 0 radical (unpaired) electrons. The summed E-state index contributed by atoms with van der Waals surface area (Å²) in [6, 6.07) is 4.00. The Balaban J connectivity index is 2.20. The summed E-state index contributed by atoms with van der Waals surface area (Å²) in [6.45, 7) is 3.75. The number of rotatable bonds is 7. The van der Waals surface area contributed by atoms with Gasteiger partial charge in [-0.25, -0.2) is 4.98 Å². The Morgan fingerprint density at radius 3 is 2.76 bits per heavy atom. The molecule has 6 nitrogen and oxygen atoms in total. The molecular formula is C15H23N5O. The van der Waals surface area contributed by atoms with Gasteiger partial charge >= 0.3 is 0 Å². The number of pyridine rings is 1. The highest BCUT2D eigenvalue weighted by atomic mass is 16.5. The molecule has 6 heteroatoms. The normalized spacial score (nSPS) is 10.5. The van der Waals surface area contributed by atoms with Gasteiger partial charge in [-0.15, -0.1) is 0 Å². The number of aryl methyl sites for hydroxylation is 1. The summed E-state index contributed by atoms with van der Waals surface area (Å²) >= 11 is 0. The van der Waals surface area contributed by atoms with Crippen molar-refractivity contribution in [1.82, 2.24) is 14.8 Å². The van der Waals surface area contributed by atoms with Crippen LogP contribution in [0.4, 0.5) is 11.4 Å². The average molecular weight is 289 g/mol. The van der Waals surface area contributed by atoms with Gasteiger partial charge in [0.2, 0.25) is 5.88 Å². The van der Waals surface area contributed by atoms with Gasteiger partial charge in [-0.2, -0.15) is 5.10 Å². The molecule has 0 amide bonds. The van der Waals surface area contributed by atoms with Gasteiger partial charge < -0.3 is 15.0 Å². The van der Waals surface area contributed by atoms with Crippen molar-refractivity contribution in [2.75, 3.05) is 31.4 Å². The Bertz CT molecular complexity index is 579. The van der Waals surface area contributed by atoms with E-state index in [-0.39, 0.29) is 0 Å². The molecule has 2 rings (SSSR count). The van der Waals surface area contributed by atoms with Crippen LogP contribution >= 0.6 is 0 Å². The number of ether oxygens (including phenoxy) is 1. The minimum atomic E-state index is 0.600. The molecule has 0 fully saturated rings. The zero-order chi connectivity index (χ0) is 15.2. The summed E-state index contributed by atoms with van der Waals surface area (Å²) in [5.41, 5.74) is 3.09. The van der Waals surface area contributed by atoms with E-state index in [0.29, 0.717) is 12.4 Å². The third-order valence-corrected chi connectivity index (χ3v) is 3.26. The molecule has 0 aromatic carbocycles. The van der Waals surface area contributed by atoms with Crippen molar-refractivity contribution in [3.63, 3.8) is 0 Å². The van der Waals surface area contributed by atoms with E-state index in [1.54, 1.807) is 13.3 Å². The minimum Gasteiger partial charge on any atom is -0.479 e. The molecule has 114 valence electrons. The fourth-order valence-electron chi connectivity index (χ4n) is 2.23. The molecule has 0 aliphatic carbocycles. The molecule has 0 bridgehead atoms. The van der Waals surface area contributed by atoms with E-state index in [9.17, 15) is 0 Å². The molecular weight excluding hydrogens is 266 g/mol. The number of anilines is 2. The maximum atomic E-state index is 5.36. The molecule has 2 aromatic rings. The van der Waals surface area contributed by atoms with Crippen LogP contribution in [0.5, 0.6) is 5.88 Å². The molecule has 0 unspecified atom stereocenters. The lowest BCUT2D eigenvalue weighted by atomic mass is 10.3. The second-order valence-electron chi connectivity index (χ2n) is 5.01. The van der Waals surface area contributed by atoms with Gasteiger partial charge in [0.05, 0.1) is 25.0 Å². The molecule has 0 spiro atoms. The first-order chi connectivity index (χ1) is 10.2. The summed E-state index contributed by atoms with van der Waals surface area (Å²) in [7, 11) is 5.64. The molecule has 2 aromatic heterocycles. The third kappa shape index (κ3) is 3.45. The first kappa shape index (κ1) is 15.2. The van der Waals surface area contributed by atoms with E-state index in [1.165, 1.54) is 0 Å². The van der Waals surface area contributed by atoms with Gasteiger partial charge in [0.25, 0.3) is 0 Å². The van der Waals surface area contributed by atoms with Crippen molar-refractivity contribution in [1.29, 1.82) is 0 Å². The number of hydrogen-bond acceptors (Lipinski definition) is 5. The van der Waals surface area contributed by atoms with E-state index < -0.39 is 0 Å². The lowest BCUT2D eigenvalue weighted by Crippen LogP contribution is -2.15. The predicted octanol–water partition coefficient (Wildman–Crippen LogP) is 2.37. The van der Waals surface area contributed by atoms with Gasteiger partial charge in [-0.05, 0) is 18.6 Å². The van der Waals surface area contributed by atoms with Crippen LogP contribution < -0.4 is 15.0 Å². The van der Waals surface area contributed by atoms with Crippen LogP contribution in [0.2, 0.25) is 0 Å². The molecule has 1 N–H and O–H groups in total. The van der Waals surface area contributed by atoms with Crippen LogP contribution in [0.1, 0.15) is 19.0 Å². The topological polar surface area (TPSA) is 55.2 Å². The summed E-state index contributed by atoms with van der Waals surface area (Å²) in [6.07, 6.45) is 4.65. The van der Waals surface area contributed by atoms with Gasteiger partial charge in [0, 0.05) is 33.0 Å². The fourth-order valence-corrected chi connectivity index (χ4v) is 2.23. The van der Waals surface area contributed by atoms with Crippen molar-refractivity contribution in [3.05, 3.63) is 30.2 Å². The SMILES string of the molecule is CCCn1nccc1CNc1c(N(C)C)ccnc1OC. The van der Waals surface area contributed by atoms with E-state index in [1.807, 2.05) is 42.0 Å². The van der Waals surface area contributed by atoms with Crippen LogP contribution in [0.3, 0.4) is 0 Å². The summed E-state index contributed by atoms with van der Waals surface area (Å²) < 4.78 is 7.38. The number of nitrogens with one attached hydrogen (secondary N) is 1. The van der Waals surface area contributed by atoms with Crippen LogP contribution in [0, 0.1) is 0 Å². The van der Waals surface area contributed by atoms with Crippen LogP contribution in [0.25, 0.3) is 0 Å². The second kappa shape index (κ2) is 6.97. The van der Waals surface area contributed by atoms with Crippen molar-refractivity contribution in [3.8, 4) is 5.88 Å². The van der Waals surface area contributed by atoms with Gasteiger partial charge in [-0.1, -0.05) is 6.92 Å². The van der Waals surface area contributed by atoms with Crippen LogP contribution in [-0.2, 0) is 13.1 Å². The van der Waals surface area contributed by atoms with Crippen molar-refractivity contribution >= 4 is 11.4 Å². The van der Waals surface area contributed by atoms with Crippen molar-refractivity contribution < 1.29 is 4.74 Å². The number of aromatic nitrogens is 3. The highest BCUT2D eigenvalue weighted by Gasteiger charge is 2.12.